The van der Waals surface area contributed by atoms with Crippen molar-refractivity contribution in [1.29, 1.82) is 0 Å². The maximum atomic E-state index is 13.7. The second-order valence-electron chi connectivity index (χ2n) is 4.11. The van der Waals surface area contributed by atoms with Gasteiger partial charge in [-0.2, -0.15) is 0 Å². The van der Waals surface area contributed by atoms with E-state index < -0.39 is 5.82 Å². The quantitative estimate of drug-likeness (QED) is 0.900. The normalized spacial score (nSPS) is 10.3. The molecule has 0 heterocycles. The zero-order chi connectivity index (χ0) is 13.7. The fourth-order valence-corrected chi connectivity index (χ4v) is 1.67. The van der Waals surface area contributed by atoms with E-state index >= 15 is 0 Å². The Morgan fingerprint density at radius 3 is 2.32 bits per heavy atom. The van der Waals surface area contributed by atoms with Crippen LogP contribution in [0, 0.1) is 5.82 Å². The van der Waals surface area contributed by atoms with Crippen molar-refractivity contribution in [2.75, 3.05) is 7.11 Å². The van der Waals surface area contributed by atoms with Gasteiger partial charge in [0.15, 0.2) is 11.6 Å². The number of halogens is 1. The topological polar surface area (TPSA) is 44.5 Å². The van der Waals surface area contributed by atoms with Crippen LogP contribution in [0.4, 0.5) is 4.39 Å². The second-order valence-corrected chi connectivity index (χ2v) is 4.11. The van der Waals surface area contributed by atoms with Gasteiger partial charge in [0.1, 0.15) is 12.4 Å². The minimum absolute atomic E-state index is 0.230. The van der Waals surface area contributed by atoms with Crippen molar-refractivity contribution in [1.82, 2.24) is 0 Å². The zero-order valence-corrected chi connectivity index (χ0v) is 10.7. The Kier molecular flexibility index (Phi) is 4.36. The van der Waals surface area contributed by atoms with Crippen molar-refractivity contribution < 1.29 is 13.9 Å². The number of rotatable bonds is 5. The van der Waals surface area contributed by atoms with Gasteiger partial charge < -0.3 is 15.2 Å². The molecule has 0 saturated carbocycles. The van der Waals surface area contributed by atoms with E-state index in [1.165, 1.54) is 6.07 Å². The average molecular weight is 261 g/mol. The number of nitrogens with two attached hydrogens (primary N) is 1. The molecule has 100 valence electrons. The number of ether oxygens (including phenoxy) is 2. The predicted octanol–water partition coefficient (Wildman–Crippen LogP) is 2.87. The molecule has 0 spiro atoms. The Morgan fingerprint density at radius 1 is 1.05 bits per heavy atom. The Morgan fingerprint density at radius 2 is 1.74 bits per heavy atom. The first-order valence-corrected chi connectivity index (χ1v) is 5.97. The molecule has 0 aromatic heterocycles. The molecule has 0 aliphatic heterocycles. The molecule has 0 fully saturated rings. The van der Waals surface area contributed by atoms with Crippen LogP contribution in [0.3, 0.4) is 0 Å². The molecule has 4 heteroatoms. The lowest BCUT2D eigenvalue weighted by molar-refractivity contribution is 0.290. The molecule has 0 unspecified atom stereocenters. The van der Waals surface area contributed by atoms with E-state index in [-0.39, 0.29) is 5.75 Å². The van der Waals surface area contributed by atoms with Crippen molar-refractivity contribution in [2.24, 2.45) is 5.73 Å². The number of hydrogen-bond acceptors (Lipinski definition) is 3. The molecule has 0 aliphatic carbocycles. The van der Waals surface area contributed by atoms with Crippen LogP contribution in [0.25, 0.3) is 0 Å². The molecular weight excluding hydrogens is 245 g/mol. The minimum atomic E-state index is -0.392. The van der Waals surface area contributed by atoms with Crippen LogP contribution in [-0.2, 0) is 13.2 Å². The van der Waals surface area contributed by atoms with E-state index in [0.29, 0.717) is 13.2 Å². The van der Waals surface area contributed by atoms with Gasteiger partial charge in [-0.15, -0.1) is 0 Å². The summed E-state index contributed by atoms with van der Waals surface area (Å²) >= 11 is 0. The maximum Gasteiger partial charge on any atom is 0.165 e. The monoisotopic (exact) mass is 261 g/mol. The van der Waals surface area contributed by atoms with Gasteiger partial charge in [-0.25, -0.2) is 4.39 Å². The Balaban J connectivity index is 2.01. The van der Waals surface area contributed by atoms with Crippen LogP contribution in [0.15, 0.2) is 42.5 Å². The fraction of sp³-hybridized carbons (Fsp3) is 0.200. The van der Waals surface area contributed by atoms with E-state index in [4.69, 9.17) is 15.2 Å². The summed E-state index contributed by atoms with van der Waals surface area (Å²) in [5.41, 5.74) is 7.13. The first-order chi connectivity index (χ1) is 9.22. The van der Waals surface area contributed by atoms with Crippen molar-refractivity contribution in [3.05, 3.63) is 59.4 Å². The molecular formula is C15H16FNO2. The van der Waals surface area contributed by atoms with Crippen LogP contribution in [0.2, 0.25) is 0 Å². The van der Waals surface area contributed by atoms with Crippen molar-refractivity contribution in [2.45, 2.75) is 13.2 Å². The van der Waals surface area contributed by atoms with Crippen LogP contribution in [0.1, 0.15) is 11.1 Å². The molecule has 2 aromatic rings. The molecule has 0 radical (unpaired) electrons. The van der Waals surface area contributed by atoms with Gasteiger partial charge in [-0.1, -0.05) is 18.2 Å². The van der Waals surface area contributed by atoms with Gasteiger partial charge in [-0.05, 0) is 35.4 Å². The lowest BCUT2D eigenvalue weighted by atomic mass is 10.2. The molecule has 19 heavy (non-hydrogen) atoms. The van der Waals surface area contributed by atoms with Gasteiger partial charge in [0, 0.05) is 6.54 Å². The lowest BCUT2D eigenvalue weighted by Crippen LogP contribution is -2.00. The predicted molar refractivity (Wildman–Crippen MR) is 71.6 cm³/mol. The summed E-state index contributed by atoms with van der Waals surface area (Å²) in [5, 5.41) is 0. The molecule has 3 nitrogen and oxygen atoms in total. The standard InChI is InChI=1S/C15H16FNO2/c1-18-13-5-2-11(3-6-13)10-19-15-7-4-12(9-17)8-14(15)16/h2-8H,9-10,17H2,1H3. The third-order valence-electron chi connectivity index (χ3n) is 2.79. The molecule has 0 atom stereocenters. The SMILES string of the molecule is COc1ccc(COc2ccc(CN)cc2F)cc1. The Labute approximate surface area is 111 Å². The largest absolute Gasteiger partial charge is 0.497 e. The van der Waals surface area contributed by atoms with Gasteiger partial charge in [-0.3, -0.25) is 0 Å². The number of benzene rings is 2. The van der Waals surface area contributed by atoms with E-state index in [1.807, 2.05) is 24.3 Å². The summed E-state index contributed by atoms with van der Waals surface area (Å²) in [4.78, 5) is 0. The first-order valence-electron chi connectivity index (χ1n) is 5.97. The second kappa shape index (κ2) is 6.20. The van der Waals surface area contributed by atoms with E-state index in [0.717, 1.165) is 16.9 Å². The molecule has 2 N–H and O–H groups in total. The third kappa shape index (κ3) is 3.45. The highest BCUT2D eigenvalue weighted by Gasteiger charge is 2.04. The Bertz CT molecular complexity index is 540. The molecule has 2 aromatic carbocycles. The van der Waals surface area contributed by atoms with Crippen LogP contribution in [-0.4, -0.2) is 7.11 Å². The van der Waals surface area contributed by atoms with E-state index in [2.05, 4.69) is 0 Å². The summed E-state index contributed by atoms with van der Waals surface area (Å²) in [6.07, 6.45) is 0. The van der Waals surface area contributed by atoms with Gasteiger partial charge in [0.05, 0.1) is 7.11 Å². The maximum absolute atomic E-state index is 13.7. The highest BCUT2D eigenvalue weighted by molar-refractivity contribution is 5.30. The third-order valence-corrected chi connectivity index (χ3v) is 2.79. The highest BCUT2D eigenvalue weighted by atomic mass is 19.1. The van der Waals surface area contributed by atoms with E-state index in [9.17, 15) is 4.39 Å². The van der Waals surface area contributed by atoms with Gasteiger partial charge in [0.2, 0.25) is 0 Å². The van der Waals surface area contributed by atoms with Crippen molar-refractivity contribution in [3.8, 4) is 11.5 Å². The molecule has 2 rings (SSSR count). The molecule has 0 amide bonds. The Hall–Kier alpha value is -2.07. The van der Waals surface area contributed by atoms with Gasteiger partial charge in [0.25, 0.3) is 0 Å². The number of methoxy groups -OCH3 is 1. The van der Waals surface area contributed by atoms with Crippen LogP contribution >= 0.6 is 0 Å². The summed E-state index contributed by atoms with van der Waals surface area (Å²) in [7, 11) is 1.61. The smallest absolute Gasteiger partial charge is 0.165 e. The van der Waals surface area contributed by atoms with E-state index in [1.54, 1.807) is 19.2 Å². The molecule has 0 bridgehead atoms. The van der Waals surface area contributed by atoms with Crippen LogP contribution in [0.5, 0.6) is 11.5 Å². The molecule has 0 saturated heterocycles. The van der Waals surface area contributed by atoms with Crippen molar-refractivity contribution >= 4 is 0 Å². The first kappa shape index (κ1) is 13.4. The zero-order valence-electron chi connectivity index (χ0n) is 10.7. The van der Waals surface area contributed by atoms with Crippen molar-refractivity contribution in [3.63, 3.8) is 0 Å². The average Bonchev–Trinajstić information content (AvgIpc) is 2.46. The van der Waals surface area contributed by atoms with Crippen LogP contribution < -0.4 is 15.2 Å². The summed E-state index contributed by atoms with van der Waals surface area (Å²) in [5.74, 6) is 0.617. The summed E-state index contributed by atoms with van der Waals surface area (Å²) in [6.45, 7) is 0.624. The summed E-state index contributed by atoms with van der Waals surface area (Å²) in [6, 6.07) is 12.2. The van der Waals surface area contributed by atoms with Gasteiger partial charge >= 0.3 is 0 Å². The minimum Gasteiger partial charge on any atom is -0.497 e. The lowest BCUT2D eigenvalue weighted by Gasteiger charge is -2.09. The highest BCUT2D eigenvalue weighted by Crippen LogP contribution is 2.20. The fourth-order valence-electron chi connectivity index (χ4n) is 1.67. The molecule has 0 aliphatic rings. The number of hydrogen-bond donors (Lipinski definition) is 1. The summed E-state index contributed by atoms with van der Waals surface area (Å²) < 4.78 is 24.2.